The zero-order valence-electron chi connectivity index (χ0n) is 12.9. The maximum atomic E-state index is 4.08. The van der Waals surface area contributed by atoms with Gasteiger partial charge in [-0.25, -0.2) is 0 Å². The van der Waals surface area contributed by atoms with Crippen molar-refractivity contribution in [1.82, 2.24) is 20.3 Å². The third-order valence-corrected chi connectivity index (χ3v) is 4.17. The van der Waals surface area contributed by atoms with E-state index in [1.54, 1.807) is 0 Å². The van der Waals surface area contributed by atoms with Gasteiger partial charge in [-0.3, -0.25) is 4.68 Å². The van der Waals surface area contributed by atoms with E-state index < -0.39 is 0 Å². The number of rotatable bonds is 7. The van der Waals surface area contributed by atoms with E-state index in [4.69, 9.17) is 0 Å². The SMILES string of the molecule is CC(C)CNCC(Cc1c(Br)nnn1C)c1ccccc1. The van der Waals surface area contributed by atoms with Gasteiger partial charge in [0.15, 0.2) is 4.60 Å². The zero-order valence-corrected chi connectivity index (χ0v) is 14.5. The Bertz CT molecular complexity index is 531. The van der Waals surface area contributed by atoms with Gasteiger partial charge in [0, 0.05) is 25.9 Å². The third kappa shape index (κ3) is 4.64. The predicted octanol–water partition coefficient (Wildman–Crippen LogP) is 3.15. The second kappa shape index (κ2) is 7.71. The maximum Gasteiger partial charge on any atom is 0.151 e. The van der Waals surface area contributed by atoms with Crippen LogP contribution in [0.15, 0.2) is 34.9 Å². The smallest absolute Gasteiger partial charge is 0.151 e. The Labute approximate surface area is 135 Å². The van der Waals surface area contributed by atoms with Crippen molar-refractivity contribution in [2.75, 3.05) is 13.1 Å². The van der Waals surface area contributed by atoms with Gasteiger partial charge < -0.3 is 5.32 Å². The first-order valence-electron chi connectivity index (χ1n) is 7.37. The van der Waals surface area contributed by atoms with E-state index in [1.807, 2.05) is 11.7 Å². The largest absolute Gasteiger partial charge is 0.316 e. The van der Waals surface area contributed by atoms with Gasteiger partial charge in [0.25, 0.3) is 0 Å². The van der Waals surface area contributed by atoms with Crippen LogP contribution in [-0.4, -0.2) is 28.1 Å². The van der Waals surface area contributed by atoms with E-state index in [1.165, 1.54) is 5.56 Å². The highest BCUT2D eigenvalue weighted by molar-refractivity contribution is 9.10. The lowest BCUT2D eigenvalue weighted by atomic mass is 9.94. The molecular weight excluding hydrogens is 328 g/mol. The van der Waals surface area contributed by atoms with Gasteiger partial charge in [-0.1, -0.05) is 49.4 Å². The lowest BCUT2D eigenvalue weighted by Crippen LogP contribution is -2.27. The van der Waals surface area contributed by atoms with E-state index in [2.05, 4.69) is 75.7 Å². The van der Waals surface area contributed by atoms with Crippen molar-refractivity contribution >= 4 is 15.9 Å². The van der Waals surface area contributed by atoms with Gasteiger partial charge in [-0.2, -0.15) is 0 Å². The van der Waals surface area contributed by atoms with Crippen LogP contribution in [0.5, 0.6) is 0 Å². The van der Waals surface area contributed by atoms with Crippen LogP contribution in [0.4, 0.5) is 0 Å². The van der Waals surface area contributed by atoms with E-state index >= 15 is 0 Å². The fraction of sp³-hybridized carbons (Fsp3) is 0.500. The number of aryl methyl sites for hydroxylation is 1. The van der Waals surface area contributed by atoms with Gasteiger partial charge >= 0.3 is 0 Å². The molecule has 0 saturated carbocycles. The molecule has 0 amide bonds. The Balaban J connectivity index is 2.12. The maximum absolute atomic E-state index is 4.08. The molecule has 0 saturated heterocycles. The Kier molecular flexibility index (Phi) is 5.94. The molecule has 1 heterocycles. The average molecular weight is 351 g/mol. The van der Waals surface area contributed by atoms with Crippen LogP contribution in [0.3, 0.4) is 0 Å². The molecule has 0 bridgehead atoms. The second-order valence-electron chi connectivity index (χ2n) is 5.81. The molecule has 0 spiro atoms. The molecule has 21 heavy (non-hydrogen) atoms. The summed E-state index contributed by atoms with van der Waals surface area (Å²) in [6.07, 6.45) is 0.916. The molecule has 1 aromatic carbocycles. The molecule has 4 nitrogen and oxygen atoms in total. The van der Waals surface area contributed by atoms with Crippen molar-refractivity contribution in [3.63, 3.8) is 0 Å². The van der Waals surface area contributed by atoms with E-state index in [-0.39, 0.29) is 0 Å². The molecule has 0 aliphatic heterocycles. The monoisotopic (exact) mass is 350 g/mol. The molecule has 1 aromatic heterocycles. The first-order chi connectivity index (χ1) is 10.1. The van der Waals surface area contributed by atoms with Gasteiger partial charge in [-0.05, 0) is 34.0 Å². The lowest BCUT2D eigenvalue weighted by molar-refractivity contribution is 0.506. The van der Waals surface area contributed by atoms with Gasteiger partial charge in [0.1, 0.15) is 0 Å². The van der Waals surface area contributed by atoms with Crippen molar-refractivity contribution in [2.45, 2.75) is 26.2 Å². The molecule has 5 heteroatoms. The van der Waals surface area contributed by atoms with Crippen molar-refractivity contribution in [3.8, 4) is 0 Å². The molecule has 0 radical (unpaired) electrons. The molecular formula is C16H23BrN4. The van der Waals surface area contributed by atoms with Crippen LogP contribution >= 0.6 is 15.9 Å². The molecule has 114 valence electrons. The fourth-order valence-electron chi connectivity index (χ4n) is 2.38. The highest BCUT2D eigenvalue weighted by atomic mass is 79.9. The normalized spacial score (nSPS) is 12.8. The number of halogens is 1. The Morgan fingerprint density at radius 2 is 1.90 bits per heavy atom. The van der Waals surface area contributed by atoms with Crippen molar-refractivity contribution < 1.29 is 0 Å². The summed E-state index contributed by atoms with van der Waals surface area (Å²) in [7, 11) is 1.94. The van der Waals surface area contributed by atoms with Gasteiger partial charge in [0.05, 0.1) is 5.69 Å². The summed E-state index contributed by atoms with van der Waals surface area (Å²) in [5, 5.41) is 11.7. The number of nitrogens with one attached hydrogen (secondary N) is 1. The molecule has 0 aliphatic rings. The summed E-state index contributed by atoms with van der Waals surface area (Å²) >= 11 is 3.49. The minimum Gasteiger partial charge on any atom is -0.316 e. The van der Waals surface area contributed by atoms with E-state index in [0.29, 0.717) is 11.8 Å². The highest BCUT2D eigenvalue weighted by Gasteiger charge is 2.17. The van der Waals surface area contributed by atoms with Crippen LogP contribution in [0.2, 0.25) is 0 Å². The van der Waals surface area contributed by atoms with Crippen LogP contribution in [0.1, 0.15) is 31.0 Å². The van der Waals surface area contributed by atoms with Gasteiger partial charge in [-0.15, -0.1) is 5.10 Å². The van der Waals surface area contributed by atoms with Crippen LogP contribution < -0.4 is 5.32 Å². The first kappa shape index (κ1) is 16.2. The second-order valence-corrected chi connectivity index (χ2v) is 6.57. The molecule has 1 atom stereocenters. The Morgan fingerprint density at radius 3 is 2.48 bits per heavy atom. The highest BCUT2D eigenvalue weighted by Crippen LogP contribution is 2.23. The standard InChI is InChI=1S/C16H23BrN4/c1-12(2)10-18-11-14(13-7-5-4-6-8-13)9-15-16(17)19-20-21(15)3/h4-8,12,14,18H,9-11H2,1-3H3. The zero-order chi connectivity index (χ0) is 15.2. The van der Waals surface area contributed by atoms with Crippen molar-refractivity contribution in [1.29, 1.82) is 0 Å². The lowest BCUT2D eigenvalue weighted by Gasteiger charge is -2.19. The van der Waals surface area contributed by atoms with E-state index in [0.717, 1.165) is 29.8 Å². The number of aromatic nitrogens is 3. The molecule has 1 N–H and O–H groups in total. The molecule has 2 aromatic rings. The minimum atomic E-state index is 0.415. The fourth-order valence-corrected chi connectivity index (χ4v) is 2.87. The number of nitrogens with zero attached hydrogens (tertiary/aromatic N) is 3. The predicted molar refractivity (Wildman–Crippen MR) is 89.3 cm³/mol. The summed E-state index contributed by atoms with van der Waals surface area (Å²) in [6, 6.07) is 10.6. The van der Waals surface area contributed by atoms with Crippen LogP contribution in [-0.2, 0) is 13.5 Å². The van der Waals surface area contributed by atoms with Crippen molar-refractivity contribution in [3.05, 3.63) is 46.2 Å². The number of hydrogen-bond acceptors (Lipinski definition) is 3. The Hall–Kier alpha value is -1.20. The van der Waals surface area contributed by atoms with E-state index in [9.17, 15) is 0 Å². The summed E-state index contributed by atoms with van der Waals surface area (Å²) < 4.78 is 2.69. The van der Waals surface area contributed by atoms with Crippen LogP contribution in [0, 0.1) is 5.92 Å². The Morgan fingerprint density at radius 1 is 1.19 bits per heavy atom. The van der Waals surface area contributed by atoms with Crippen molar-refractivity contribution in [2.24, 2.45) is 13.0 Å². The molecule has 2 rings (SSSR count). The average Bonchev–Trinajstić information content (AvgIpc) is 2.78. The molecule has 1 unspecified atom stereocenters. The third-order valence-electron chi connectivity index (χ3n) is 3.55. The quantitative estimate of drug-likeness (QED) is 0.833. The summed E-state index contributed by atoms with van der Waals surface area (Å²) in [4.78, 5) is 0. The van der Waals surface area contributed by atoms with Gasteiger partial charge in [0.2, 0.25) is 0 Å². The number of benzene rings is 1. The molecule has 0 aliphatic carbocycles. The number of hydrogen-bond donors (Lipinski definition) is 1. The minimum absolute atomic E-state index is 0.415. The topological polar surface area (TPSA) is 42.7 Å². The summed E-state index contributed by atoms with van der Waals surface area (Å²) in [5.41, 5.74) is 2.48. The summed E-state index contributed by atoms with van der Waals surface area (Å²) in [5.74, 6) is 1.07. The summed E-state index contributed by atoms with van der Waals surface area (Å²) in [6.45, 7) is 6.45. The first-order valence-corrected chi connectivity index (χ1v) is 8.17. The molecule has 0 fully saturated rings. The van der Waals surface area contributed by atoms with Crippen LogP contribution in [0.25, 0.3) is 0 Å².